The average molecular weight is 183 g/mol. The number of Topliss-reactive ketones (excluding diaryl/α,β-unsaturated/α-hetero) is 1. The molecular weight excluding hydrogens is 177 g/mol. The molecule has 12 heavy (non-hydrogen) atoms. The van der Waals surface area contributed by atoms with Gasteiger partial charge in [-0.15, -0.1) is 0 Å². The minimum atomic E-state index is -4.80. The molecule has 0 radical (unpaired) electrons. The average Bonchev–Trinajstić information content (AvgIpc) is 1.85. The molecule has 0 aromatic carbocycles. The van der Waals surface area contributed by atoms with Crippen LogP contribution in [0, 0.1) is 5.92 Å². The van der Waals surface area contributed by atoms with Crippen molar-refractivity contribution in [1.82, 2.24) is 0 Å². The first-order chi connectivity index (χ1) is 5.30. The van der Waals surface area contributed by atoms with Gasteiger partial charge < -0.3 is 9.90 Å². The second kappa shape index (κ2) is 3.55. The zero-order valence-electron chi connectivity index (χ0n) is 6.14. The topological polar surface area (TPSA) is 57.2 Å². The Morgan fingerprint density at radius 3 is 1.92 bits per heavy atom. The highest BCUT2D eigenvalue weighted by Gasteiger charge is 2.43. The van der Waals surface area contributed by atoms with E-state index in [0.717, 1.165) is 6.92 Å². The minimum absolute atomic E-state index is 0.587. The third kappa shape index (κ3) is 2.52. The van der Waals surface area contributed by atoms with Crippen LogP contribution in [0.25, 0.3) is 0 Å². The molecule has 0 aliphatic rings. The molecule has 0 aromatic rings. The molecule has 1 unspecified atom stereocenters. The van der Waals surface area contributed by atoms with Crippen LogP contribution in [0.5, 0.6) is 0 Å². The Bertz CT molecular complexity index is 197. The summed E-state index contributed by atoms with van der Waals surface area (Å²) in [5.74, 6) is -6.65. The number of ketones is 1. The van der Waals surface area contributed by atoms with Gasteiger partial charge in [-0.2, -0.15) is 13.2 Å². The summed E-state index contributed by atoms with van der Waals surface area (Å²) >= 11 is 0. The first kappa shape index (κ1) is 10.9. The zero-order valence-corrected chi connectivity index (χ0v) is 6.14. The van der Waals surface area contributed by atoms with Gasteiger partial charge in [-0.1, -0.05) is 6.92 Å². The number of hydrogen-bond acceptors (Lipinski definition) is 3. The maximum absolute atomic E-state index is 11.8. The van der Waals surface area contributed by atoms with E-state index in [-0.39, 0.29) is 0 Å². The zero-order chi connectivity index (χ0) is 9.94. The Labute approximate surface area is 66.2 Å². The van der Waals surface area contributed by atoms with E-state index in [2.05, 4.69) is 0 Å². The largest absolute Gasteiger partial charge is 0.542 e. The van der Waals surface area contributed by atoms with E-state index < -0.39 is 30.3 Å². The van der Waals surface area contributed by atoms with Crippen molar-refractivity contribution in [1.29, 1.82) is 0 Å². The number of alkyl halides is 3. The van der Waals surface area contributed by atoms with Crippen molar-refractivity contribution in [3.63, 3.8) is 0 Å². The number of carbonyl (C=O) groups is 2. The monoisotopic (exact) mass is 183 g/mol. The van der Waals surface area contributed by atoms with Gasteiger partial charge in [0.2, 0.25) is 0 Å². The molecule has 0 heterocycles. The van der Waals surface area contributed by atoms with E-state index in [1.165, 1.54) is 0 Å². The van der Waals surface area contributed by atoms with Gasteiger partial charge in [-0.25, -0.2) is 0 Å². The second-order valence-corrected chi connectivity index (χ2v) is 2.15. The molecule has 0 amide bonds. The van der Waals surface area contributed by atoms with Crippen LogP contribution in [-0.2, 0) is 9.59 Å². The van der Waals surface area contributed by atoms with Gasteiger partial charge in [0.1, 0.15) is 11.9 Å². The highest BCUT2D eigenvalue weighted by molar-refractivity contribution is 6.32. The molecular formula is C6H6F3O3-. The van der Waals surface area contributed by atoms with Crippen molar-refractivity contribution < 1.29 is 27.9 Å². The fourth-order valence-electron chi connectivity index (χ4n) is 0.708. The van der Waals surface area contributed by atoms with Gasteiger partial charge in [0, 0.05) is 0 Å². The number of halogens is 3. The van der Waals surface area contributed by atoms with Crippen LogP contribution in [0.15, 0.2) is 0 Å². The molecule has 0 rings (SSSR count). The standard InChI is InChI=1S/C6H7F3O3/c1-2-3(6(7,8)9)4(10)5(11)12/h3H,2H2,1H3,(H,11,12)/p-1. The molecule has 0 bridgehead atoms. The van der Waals surface area contributed by atoms with E-state index in [4.69, 9.17) is 0 Å². The normalized spacial score (nSPS) is 14.0. The molecule has 0 spiro atoms. The summed E-state index contributed by atoms with van der Waals surface area (Å²) < 4.78 is 35.5. The molecule has 0 fully saturated rings. The lowest BCUT2D eigenvalue weighted by Crippen LogP contribution is -2.42. The maximum Gasteiger partial charge on any atom is 0.399 e. The summed E-state index contributed by atoms with van der Waals surface area (Å²) in [7, 11) is 0. The lowest BCUT2D eigenvalue weighted by molar-refractivity contribution is -0.302. The van der Waals surface area contributed by atoms with Crippen LogP contribution in [0.3, 0.4) is 0 Å². The Morgan fingerprint density at radius 1 is 1.42 bits per heavy atom. The fourth-order valence-corrected chi connectivity index (χ4v) is 0.708. The Morgan fingerprint density at radius 2 is 1.83 bits per heavy atom. The Balaban J connectivity index is 4.58. The van der Waals surface area contributed by atoms with E-state index in [1.54, 1.807) is 0 Å². The van der Waals surface area contributed by atoms with Gasteiger partial charge >= 0.3 is 6.18 Å². The van der Waals surface area contributed by atoms with Crippen LogP contribution in [0.1, 0.15) is 13.3 Å². The number of carbonyl (C=O) groups excluding carboxylic acids is 2. The van der Waals surface area contributed by atoms with Crippen molar-refractivity contribution in [3.8, 4) is 0 Å². The molecule has 1 atom stereocenters. The first-order valence-corrected chi connectivity index (χ1v) is 3.12. The summed E-state index contributed by atoms with van der Waals surface area (Å²) in [5.41, 5.74) is 0. The quantitative estimate of drug-likeness (QED) is 0.574. The van der Waals surface area contributed by atoms with Gasteiger partial charge in [-0.05, 0) is 6.42 Å². The van der Waals surface area contributed by atoms with Crippen LogP contribution in [-0.4, -0.2) is 17.9 Å². The third-order valence-corrected chi connectivity index (χ3v) is 1.32. The number of hydrogen-bond donors (Lipinski definition) is 0. The first-order valence-electron chi connectivity index (χ1n) is 3.12. The van der Waals surface area contributed by atoms with Gasteiger partial charge in [0.05, 0.1) is 0 Å². The lowest BCUT2D eigenvalue weighted by atomic mass is 10.0. The van der Waals surface area contributed by atoms with Crippen molar-refractivity contribution in [2.75, 3.05) is 0 Å². The number of carboxylic acids is 1. The second-order valence-electron chi connectivity index (χ2n) is 2.15. The van der Waals surface area contributed by atoms with Crippen molar-refractivity contribution in [3.05, 3.63) is 0 Å². The summed E-state index contributed by atoms with van der Waals surface area (Å²) in [5, 5.41) is 9.79. The van der Waals surface area contributed by atoms with E-state index in [0.29, 0.717) is 0 Å². The molecule has 6 heteroatoms. The highest BCUT2D eigenvalue weighted by Crippen LogP contribution is 2.29. The van der Waals surface area contributed by atoms with Gasteiger partial charge in [-0.3, -0.25) is 4.79 Å². The molecule has 0 aromatic heterocycles. The van der Waals surface area contributed by atoms with E-state index in [1.807, 2.05) is 0 Å². The smallest absolute Gasteiger partial charge is 0.399 e. The third-order valence-electron chi connectivity index (χ3n) is 1.32. The van der Waals surface area contributed by atoms with Crippen molar-refractivity contribution >= 4 is 11.8 Å². The minimum Gasteiger partial charge on any atom is -0.542 e. The van der Waals surface area contributed by atoms with Crippen LogP contribution in [0.2, 0.25) is 0 Å². The number of carboxylic acid groups (broad SMARTS) is 1. The fraction of sp³-hybridized carbons (Fsp3) is 0.667. The lowest BCUT2D eigenvalue weighted by Gasteiger charge is -2.17. The predicted molar refractivity (Wildman–Crippen MR) is 29.8 cm³/mol. The highest BCUT2D eigenvalue weighted by atomic mass is 19.4. The van der Waals surface area contributed by atoms with E-state index in [9.17, 15) is 27.9 Å². The molecule has 3 nitrogen and oxygen atoms in total. The maximum atomic E-state index is 11.8. The molecule has 0 saturated carbocycles. The van der Waals surface area contributed by atoms with Crippen LogP contribution in [0.4, 0.5) is 13.2 Å². The Hall–Kier alpha value is -1.07. The Kier molecular flexibility index (Phi) is 3.24. The molecule has 0 N–H and O–H groups in total. The molecule has 0 aliphatic heterocycles. The summed E-state index contributed by atoms with van der Waals surface area (Å²) in [6.07, 6.45) is -5.39. The number of rotatable bonds is 3. The van der Waals surface area contributed by atoms with Crippen LogP contribution >= 0.6 is 0 Å². The number of aliphatic carboxylic acids is 1. The van der Waals surface area contributed by atoms with Gasteiger partial charge in [0.15, 0.2) is 5.78 Å². The molecule has 0 saturated heterocycles. The summed E-state index contributed by atoms with van der Waals surface area (Å²) in [4.78, 5) is 20.1. The predicted octanol–water partition coefficient (Wildman–Crippen LogP) is -0.106. The van der Waals surface area contributed by atoms with Gasteiger partial charge in [0.25, 0.3) is 0 Å². The van der Waals surface area contributed by atoms with Crippen molar-refractivity contribution in [2.24, 2.45) is 5.92 Å². The summed E-state index contributed by atoms with van der Waals surface area (Å²) in [6.45, 7) is 1.08. The molecule has 0 aliphatic carbocycles. The summed E-state index contributed by atoms with van der Waals surface area (Å²) in [6, 6.07) is 0. The SMILES string of the molecule is CCC(C(=O)C(=O)[O-])C(F)(F)F. The van der Waals surface area contributed by atoms with Crippen LogP contribution < -0.4 is 5.11 Å². The van der Waals surface area contributed by atoms with Crippen molar-refractivity contribution in [2.45, 2.75) is 19.5 Å². The molecule has 70 valence electrons. The van der Waals surface area contributed by atoms with E-state index >= 15 is 0 Å².